The Morgan fingerprint density at radius 2 is 2.15 bits per heavy atom. The van der Waals surface area contributed by atoms with Crippen molar-refractivity contribution in [1.29, 1.82) is 0 Å². The zero-order chi connectivity index (χ0) is 17.5. The standard InChI is InChI=1S/C20H22N6/c1-13-12-26-20(23-13)16(17-11-22-18-7-3-2-6-15(17)18)9-19(25-26)24-14-5-4-8-21-10-14/h2-3,6-7,9,11-12,14,21-22H,4-5,8,10H2,1H3,(H,24,25). The Balaban J connectivity index is 1.65. The average Bonchev–Trinajstić information content (AvgIpc) is 3.24. The number of benzene rings is 1. The molecule has 1 aliphatic heterocycles. The lowest BCUT2D eigenvalue weighted by Gasteiger charge is -2.24. The fourth-order valence-electron chi connectivity index (χ4n) is 3.84. The lowest BCUT2D eigenvalue weighted by molar-refractivity contribution is 0.478. The Hall–Kier alpha value is -2.86. The average molecular weight is 346 g/mol. The molecule has 0 bridgehead atoms. The van der Waals surface area contributed by atoms with E-state index in [2.05, 4.69) is 46.1 Å². The molecule has 1 aromatic carbocycles. The van der Waals surface area contributed by atoms with E-state index in [1.54, 1.807) is 0 Å². The van der Waals surface area contributed by atoms with E-state index < -0.39 is 0 Å². The van der Waals surface area contributed by atoms with Crippen molar-refractivity contribution >= 4 is 22.4 Å². The number of anilines is 1. The maximum absolute atomic E-state index is 4.75. The van der Waals surface area contributed by atoms with Crippen molar-refractivity contribution in [1.82, 2.24) is 24.9 Å². The van der Waals surface area contributed by atoms with Crippen molar-refractivity contribution < 1.29 is 0 Å². The summed E-state index contributed by atoms with van der Waals surface area (Å²) in [4.78, 5) is 8.08. The molecule has 0 saturated carbocycles. The molecule has 1 unspecified atom stereocenters. The predicted molar refractivity (Wildman–Crippen MR) is 105 cm³/mol. The highest BCUT2D eigenvalue weighted by Crippen LogP contribution is 2.32. The summed E-state index contributed by atoms with van der Waals surface area (Å²) in [5.41, 5.74) is 5.24. The largest absolute Gasteiger partial charge is 0.365 e. The third-order valence-corrected chi connectivity index (χ3v) is 5.07. The monoisotopic (exact) mass is 346 g/mol. The van der Waals surface area contributed by atoms with E-state index in [4.69, 9.17) is 10.1 Å². The van der Waals surface area contributed by atoms with E-state index in [-0.39, 0.29) is 0 Å². The SMILES string of the molecule is Cc1cn2nc(NC3CCCNC3)cc(-c3c[nH]c4ccccc34)c2n1. The molecule has 1 atom stereocenters. The first-order valence-electron chi connectivity index (χ1n) is 9.19. The van der Waals surface area contributed by atoms with Crippen LogP contribution >= 0.6 is 0 Å². The molecule has 6 nitrogen and oxygen atoms in total. The molecule has 132 valence electrons. The first-order valence-corrected chi connectivity index (χ1v) is 9.19. The van der Waals surface area contributed by atoms with Crippen LogP contribution in [-0.2, 0) is 0 Å². The number of aryl methyl sites for hydroxylation is 1. The molecule has 1 aliphatic rings. The van der Waals surface area contributed by atoms with Gasteiger partial charge in [0.2, 0.25) is 0 Å². The Bertz CT molecular complexity index is 1070. The molecule has 3 aromatic heterocycles. The summed E-state index contributed by atoms with van der Waals surface area (Å²) >= 11 is 0. The molecule has 4 heterocycles. The molecule has 0 aliphatic carbocycles. The van der Waals surface area contributed by atoms with Crippen LogP contribution in [0.1, 0.15) is 18.5 Å². The highest BCUT2D eigenvalue weighted by molar-refractivity contribution is 5.99. The fourth-order valence-corrected chi connectivity index (χ4v) is 3.84. The van der Waals surface area contributed by atoms with Crippen LogP contribution in [0.4, 0.5) is 5.82 Å². The van der Waals surface area contributed by atoms with E-state index in [0.29, 0.717) is 6.04 Å². The second kappa shape index (κ2) is 6.14. The van der Waals surface area contributed by atoms with Gasteiger partial charge in [0, 0.05) is 40.8 Å². The van der Waals surface area contributed by atoms with Crippen LogP contribution in [0.2, 0.25) is 0 Å². The molecular formula is C20H22N6. The second-order valence-electron chi connectivity index (χ2n) is 7.03. The zero-order valence-corrected chi connectivity index (χ0v) is 14.8. The van der Waals surface area contributed by atoms with E-state index >= 15 is 0 Å². The number of aromatic amines is 1. The third kappa shape index (κ3) is 2.63. The summed E-state index contributed by atoms with van der Waals surface area (Å²) in [7, 11) is 0. The Morgan fingerprint density at radius 3 is 3.04 bits per heavy atom. The van der Waals surface area contributed by atoms with Crippen molar-refractivity contribution in [3.05, 3.63) is 48.4 Å². The highest BCUT2D eigenvalue weighted by Gasteiger charge is 2.17. The molecule has 0 radical (unpaired) electrons. The van der Waals surface area contributed by atoms with Gasteiger partial charge in [0.1, 0.15) is 5.82 Å². The number of hydrogen-bond donors (Lipinski definition) is 3. The Kier molecular flexibility index (Phi) is 3.64. The number of fused-ring (bicyclic) bond motifs is 2. The maximum Gasteiger partial charge on any atom is 0.161 e. The maximum atomic E-state index is 4.75. The van der Waals surface area contributed by atoms with Gasteiger partial charge in [0.15, 0.2) is 5.65 Å². The van der Waals surface area contributed by atoms with Crippen molar-refractivity contribution in [3.8, 4) is 11.1 Å². The fraction of sp³-hybridized carbons (Fsp3) is 0.300. The van der Waals surface area contributed by atoms with Crippen molar-refractivity contribution in [2.75, 3.05) is 18.4 Å². The van der Waals surface area contributed by atoms with Gasteiger partial charge in [-0.25, -0.2) is 9.50 Å². The predicted octanol–water partition coefficient (Wildman–Crippen LogP) is 3.35. The van der Waals surface area contributed by atoms with Crippen LogP contribution in [0.15, 0.2) is 42.7 Å². The first-order chi connectivity index (χ1) is 12.8. The van der Waals surface area contributed by atoms with Crippen LogP contribution in [0.3, 0.4) is 0 Å². The van der Waals surface area contributed by atoms with E-state index in [1.165, 1.54) is 11.8 Å². The van der Waals surface area contributed by atoms with Crippen LogP contribution in [-0.4, -0.2) is 38.7 Å². The van der Waals surface area contributed by atoms with E-state index in [1.807, 2.05) is 23.7 Å². The Labute approximate surface area is 151 Å². The van der Waals surface area contributed by atoms with Crippen molar-refractivity contribution in [2.24, 2.45) is 0 Å². The van der Waals surface area contributed by atoms with Gasteiger partial charge in [-0.2, -0.15) is 0 Å². The number of piperidine rings is 1. The van der Waals surface area contributed by atoms with Crippen molar-refractivity contribution in [2.45, 2.75) is 25.8 Å². The van der Waals surface area contributed by atoms with Gasteiger partial charge in [0.05, 0.1) is 11.9 Å². The number of hydrogen-bond acceptors (Lipinski definition) is 4. The van der Waals surface area contributed by atoms with Crippen LogP contribution < -0.4 is 10.6 Å². The van der Waals surface area contributed by atoms with Gasteiger partial charge in [-0.1, -0.05) is 18.2 Å². The third-order valence-electron chi connectivity index (χ3n) is 5.07. The molecule has 1 fully saturated rings. The van der Waals surface area contributed by atoms with Gasteiger partial charge < -0.3 is 15.6 Å². The van der Waals surface area contributed by atoms with Gasteiger partial charge in [0.25, 0.3) is 0 Å². The number of imidazole rings is 1. The molecule has 26 heavy (non-hydrogen) atoms. The Morgan fingerprint density at radius 1 is 1.23 bits per heavy atom. The molecule has 3 N–H and O–H groups in total. The van der Waals surface area contributed by atoms with Crippen LogP contribution in [0.5, 0.6) is 0 Å². The number of nitrogens with zero attached hydrogens (tertiary/aromatic N) is 3. The topological polar surface area (TPSA) is 70.0 Å². The smallest absolute Gasteiger partial charge is 0.161 e. The summed E-state index contributed by atoms with van der Waals surface area (Å²) in [6, 6.07) is 10.9. The van der Waals surface area contributed by atoms with Gasteiger partial charge in [-0.15, -0.1) is 5.10 Å². The molecule has 1 saturated heterocycles. The van der Waals surface area contributed by atoms with Crippen LogP contribution in [0, 0.1) is 6.92 Å². The number of H-pyrrole nitrogens is 1. The zero-order valence-electron chi connectivity index (χ0n) is 14.8. The summed E-state index contributed by atoms with van der Waals surface area (Å²) in [5.74, 6) is 0.892. The van der Waals surface area contributed by atoms with Crippen molar-refractivity contribution in [3.63, 3.8) is 0 Å². The molecule has 0 amide bonds. The number of aromatic nitrogens is 4. The van der Waals surface area contributed by atoms with Gasteiger partial charge in [-0.05, 0) is 38.4 Å². The summed E-state index contributed by atoms with van der Waals surface area (Å²) in [6.45, 7) is 4.09. The molecular weight excluding hydrogens is 324 g/mol. The lowest BCUT2D eigenvalue weighted by Crippen LogP contribution is -2.38. The molecule has 5 rings (SSSR count). The number of nitrogens with one attached hydrogen (secondary N) is 3. The number of para-hydroxylation sites is 1. The quantitative estimate of drug-likeness (QED) is 0.532. The lowest BCUT2D eigenvalue weighted by atomic mass is 10.1. The summed E-state index contributed by atoms with van der Waals surface area (Å²) < 4.78 is 1.89. The van der Waals surface area contributed by atoms with E-state index in [9.17, 15) is 0 Å². The van der Waals surface area contributed by atoms with E-state index in [0.717, 1.165) is 53.3 Å². The second-order valence-corrected chi connectivity index (χ2v) is 7.03. The van der Waals surface area contributed by atoms with Crippen LogP contribution in [0.25, 0.3) is 27.7 Å². The first kappa shape index (κ1) is 15.4. The summed E-state index contributed by atoms with van der Waals surface area (Å²) in [5, 5.41) is 13.0. The summed E-state index contributed by atoms with van der Waals surface area (Å²) in [6.07, 6.45) is 6.41. The molecule has 4 aromatic rings. The minimum atomic E-state index is 0.411. The molecule has 6 heteroatoms. The molecule has 0 spiro atoms. The highest BCUT2D eigenvalue weighted by atomic mass is 15.3. The minimum absolute atomic E-state index is 0.411. The van der Waals surface area contributed by atoms with Gasteiger partial charge >= 0.3 is 0 Å². The minimum Gasteiger partial charge on any atom is -0.365 e. The normalized spacial score (nSPS) is 17.8. The van der Waals surface area contributed by atoms with Gasteiger partial charge in [-0.3, -0.25) is 0 Å². The number of rotatable bonds is 3.